The van der Waals surface area contributed by atoms with Crippen molar-refractivity contribution in [2.24, 2.45) is 0 Å². The molecule has 1 fully saturated rings. The number of aryl methyl sites for hydroxylation is 2. The van der Waals surface area contributed by atoms with Crippen molar-refractivity contribution in [2.75, 3.05) is 20.1 Å². The minimum absolute atomic E-state index is 0.211. The van der Waals surface area contributed by atoms with E-state index in [1.807, 2.05) is 11.9 Å². The van der Waals surface area contributed by atoms with Gasteiger partial charge in [-0.25, -0.2) is 0 Å². The van der Waals surface area contributed by atoms with Crippen LogP contribution in [0.15, 0.2) is 6.07 Å². The van der Waals surface area contributed by atoms with Crippen molar-refractivity contribution in [1.82, 2.24) is 10.2 Å². The van der Waals surface area contributed by atoms with Crippen molar-refractivity contribution >= 4 is 17.2 Å². The summed E-state index contributed by atoms with van der Waals surface area (Å²) in [6.45, 7) is 5.98. The molecule has 1 aliphatic heterocycles. The summed E-state index contributed by atoms with van der Waals surface area (Å²) in [5.74, 6) is 0.211. The van der Waals surface area contributed by atoms with Gasteiger partial charge in [0.05, 0.1) is 4.88 Å². The second-order valence-electron chi connectivity index (χ2n) is 4.95. The van der Waals surface area contributed by atoms with Crippen LogP contribution in [0, 0.1) is 6.92 Å². The first-order valence-corrected chi connectivity index (χ1v) is 7.53. The fourth-order valence-electron chi connectivity index (χ4n) is 2.53. The minimum Gasteiger partial charge on any atom is -0.336 e. The van der Waals surface area contributed by atoms with Crippen LogP contribution in [0.1, 0.15) is 39.9 Å². The van der Waals surface area contributed by atoms with Crippen molar-refractivity contribution in [3.8, 4) is 0 Å². The van der Waals surface area contributed by atoms with Gasteiger partial charge in [0.1, 0.15) is 0 Å². The standard InChI is InChI=1S/C14H22N2OS/c1-4-12-10(2)8-13(18-12)14(17)16-7-5-6-11(9-16)15-3/h8,11,15H,4-7,9H2,1-3H3. The van der Waals surface area contributed by atoms with E-state index in [9.17, 15) is 4.79 Å². The number of piperidine rings is 1. The van der Waals surface area contributed by atoms with Gasteiger partial charge in [0.15, 0.2) is 0 Å². The predicted octanol–water partition coefficient (Wildman–Crippen LogP) is 2.44. The maximum atomic E-state index is 12.5. The highest BCUT2D eigenvalue weighted by Crippen LogP contribution is 2.24. The summed E-state index contributed by atoms with van der Waals surface area (Å²) in [6.07, 6.45) is 3.29. The number of thiophene rings is 1. The normalized spacial score (nSPS) is 20.2. The lowest BCUT2D eigenvalue weighted by atomic mass is 10.1. The lowest BCUT2D eigenvalue weighted by molar-refractivity contribution is 0.0703. The van der Waals surface area contributed by atoms with Gasteiger partial charge in [0.25, 0.3) is 5.91 Å². The third kappa shape index (κ3) is 2.75. The molecule has 2 rings (SSSR count). The average molecular weight is 266 g/mol. The van der Waals surface area contributed by atoms with Gasteiger partial charge >= 0.3 is 0 Å². The van der Waals surface area contributed by atoms with Crippen LogP contribution < -0.4 is 5.32 Å². The Morgan fingerprint density at radius 3 is 3.00 bits per heavy atom. The number of hydrogen-bond donors (Lipinski definition) is 1. The number of rotatable bonds is 3. The number of nitrogens with zero attached hydrogens (tertiary/aromatic N) is 1. The zero-order valence-electron chi connectivity index (χ0n) is 11.5. The smallest absolute Gasteiger partial charge is 0.263 e. The van der Waals surface area contributed by atoms with Gasteiger partial charge in [-0.3, -0.25) is 4.79 Å². The van der Waals surface area contributed by atoms with Crippen LogP contribution in [0.2, 0.25) is 0 Å². The van der Waals surface area contributed by atoms with Gasteiger partial charge in [-0.1, -0.05) is 6.92 Å². The van der Waals surface area contributed by atoms with E-state index in [2.05, 4.69) is 25.2 Å². The summed E-state index contributed by atoms with van der Waals surface area (Å²) < 4.78 is 0. The lowest BCUT2D eigenvalue weighted by Gasteiger charge is -2.32. The van der Waals surface area contributed by atoms with Gasteiger partial charge in [-0.15, -0.1) is 11.3 Å². The molecule has 1 aromatic rings. The number of nitrogens with one attached hydrogen (secondary N) is 1. The molecule has 18 heavy (non-hydrogen) atoms. The van der Waals surface area contributed by atoms with E-state index in [1.54, 1.807) is 11.3 Å². The molecule has 0 aromatic carbocycles. The lowest BCUT2D eigenvalue weighted by Crippen LogP contribution is -2.46. The Balaban J connectivity index is 2.10. The van der Waals surface area contributed by atoms with Crippen molar-refractivity contribution < 1.29 is 4.79 Å². The summed E-state index contributed by atoms with van der Waals surface area (Å²) in [4.78, 5) is 16.7. The quantitative estimate of drug-likeness (QED) is 0.911. The Kier molecular flexibility index (Phi) is 4.40. The van der Waals surface area contributed by atoms with Crippen LogP contribution in [0.4, 0.5) is 0 Å². The van der Waals surface area contributed by atoms with Crippen LogP contribution in [0.25, 0.3) is 0 Å². The highest BCUT2D eigenvalue weighted by Gasteiger charge is 2.24. The van der Waals surface area contributed by atoms with E-state index in [-0.39, 0.29) is 5.91 Å². The summed E-state index contributed by atoms with van der Waals surface area (Å²) in [5.41, 5.74) is 1.26. The fraction of sp³-hybridized carbons (Fsp3) is 0.643. The van der Waals surface area contributed by atoms with Crippen LogP contribution >= 0.6 is 11.3 Å². The highest BCUT2D eigenvalue weighted by atomic mass is 32.1. The number of likely N-dealkylation sites (N-methyl/N-ethyl adjacent to an activating group) is 1. The SMILES string of the molecule is CCc1sc(C(=O)N2CCCC(NC)C2)cc1C. The second-order valence-corrected chi connectivity index (χ2v) is 6.09. The molecule has 0 radical (unpaired) electrons. The topological polar surface area (TPSA) is 32.3 Å². The molecule has 2 heterocycles. The average Bonchev–Trinajstić information content (AvgIpc) is 2.79. The third-order valence-electron chi connectivity index (χ3n) is 3.67. The Bertz CT molecular complexity index is 427. The molecule has 0 saturated carbocycles. The van der Waals surface area contributed by atoms with Gasteiger partial charge < -0.3 is 10.2 Å². The van der Waals surface area contributed by atoms with Gasteiger partial charge in [-0.05, 0) is 44.9 Å². The highest BCUT2D eigenvalue weighted by molar-refractivity contribution is 7.14. The molecular formula is C14H22N2OS. The second kappa shape index (κ2) is 5.85. The van der Waals surface area contributed by atoms with E-state index in [1.165, 1.54) is 16.9 Å². The van der Waals surface area contributed by atoms with E-state index < -0.39 is 0 Å². The molecule has 100 valence electrons. The molecule has 0 bridgehead atoms. The molecule has 1 saturated heterocycles. The molecular weight excluding hydrogens is 244 g/mol. The predicted molar refractivity (Wildman–Crippen MR) is 76.4 cm³/mol. The van der Waals surface area contributed by atoms with Crippen molar-refractivity contribution in [1.29, 1.82) is 0 Å². The van der Waals surface area contributed by atoms with Gasteiger partial charge in [0.2, 0.25) is 0 Å². The Morgan fingerprint density at radius 2 is 2.39 bits per heavy atom. The van der Waals surface area contributed by atoms with E-state index in [4.69, 9.17) is 0 Å². The molecule has 1 aromatic heterocycles. The largest absolute Gasteiger partial charge is 0.336 e. The fourth-order valence-corrected chi connectivity index (χ4v) is 3.61. The summed E-state index contributed by atoms with van der Waals surface area (Å²) in [7, 11) is 1.98. The summed E-state index contributed by atoms with van der Waals surface area (Å²) in [6, 6.07) is 2.50. The van der Waals surface area contributed by atoms with Crippen LogP contribution in [0.3, 0.4) is 0 Å². The van der Waals surface area contributed by atoms with E-state index in [0.29, 0.717) is 6.04 Å². The van der Waals surface area contributed by atoms with E-state index >= 15 is 0 Å². The molecule has 1 atom stereocenters. The molecule has 3 nitrogen and oxygen atoms in total. The first-order valence-electron chi connectivity index (χ1n) is 6.71. The minimum atomic E-state index is 0.211. The van der Waals surface area contributed by atoms with Crippen LogP contribution in [-0.4, -0.2) is 37.0 Å². The maximum absolute atomic E-state index is 12.5. The molecule has 0 spiro atoms. The Labute approximate surface area is 113 Å². The number of carbonyl (C=O) groups is 1. The number of amides is 1. The Morgan fingerprint density at radius 1 is 1.61 bits per heavy atom. The van der Waals surface area contributed by atoms with Gasteiger partial charge in [0, 0.05) is 24.0 Å². The Hall–Kier alpha value is -0.870. The molecule has 1 amide bonds. The molecule has 4 heteroatoms. The first kappa shape index (κ1) is 13.6. The first-order chi connectivity index (χ1) is 8.65. The van der Waals surface area contributed by atoms with Crippen molar-refractivity contribution in [3.63, 3.8) is 0 Å². The van der Waals surface area contributed by atoms with Crippen LogP contribution in [0.5, 0.6) is 0 Å². The van der Waals surface area contributed by atoms with Gasteiger partial charge in [-0.2, -0.15) is 0 Å². The number of hydrogen-bond acceptors (Lipinski definition) is 3. The number of carbonyl (C=O) groups excluding carboxylic acids is 1. The molecule has 1 unspecified atom stereocenters. The summed E-state index contributed by atoms with van der Waals surface area (Å²) >= 11 is 1.66. The van der Waals surface area contributed by atoms with Crippen molar-refractivity contribution in [3.05, 3.63) is 21.4 Å². The van der Waals surface area contributed by atoms with Crippen molar-refractivity contribution in [2.45, 2.75) is 39.2 Å². The monoisotopic (exact) mass is 266 g/mol. The third-order valence-corrected chi connectivity index (χ3v) is 5.04. The molecule has 0 aliphatic carbocycles. The molecule has 1 N–H and O–H groups in total. The molecule has 1 aliphatic rings. The maximum Gasteiger partial charge on any atom is 0.263 e. The van der Waals surface area contributed by atoms with E-state index in [0.717, 1.165) is 30.8 Å². The zero-order valence-corrected chi connectivity index (χ0v) is 12.3. The zero-order chi connectivity index (χ0) is 13.1. The van der Waals surface area contributed by atoms with Crippen LogP contribution in [-0.2, 0) is 6.42 Å². The number of likely N-dealkylation sites (tertiary alicyclic amines) is 1. The summed E-state index contributed by atoms with van der Waals surface area (Å²) in [5, 5.41) is 3.28.